The van der Waals surface area contributed by atoms with E-state index >= 15 is 0 Å². The van der Waals surface area contributed by atoms with E-state index in [2.05, 4.69) is 6.92 Å². The van der Waals surface area contributed by atoms with Gasteiger partial charge in [0.25, 0.3) is 0 Å². The van der Waals surface area contributed by atoms with Crippen molar-refractivity contribution in [2.45, 2.75) is 32.8 Å². The highest BCUT2D eigenvalue weighted by atomic mass is 35.5. The van der Waals surface area contributed by atoms with E-state index in [4.69, 9.17) is 16.0 Å². The third-order valence-electron chi connectivity index (χ3n) is 3.09. The van der Waals surface area contributed by atoms with Gasteiger partial charge in [0.05, 0.1) is 5.02 Å². The number of hydrogen-bond donors (Lipinski definition) is 1. The van der Waals surface area contributed by atoms with Crippen LogP contribution in [0.3, 0.4) is 0 Å². The van der Waals surface area contributed by atoms with Gasteiger partial charge in [-0.15, -0.1) is 0 Å². The van der Waals surface area contributed by atoms with Crippen molar-refractivity contribution in [1.82, 2.24) is 0 Å². The molecule has 0 amide bonds. The Morgan fingerprint density at radius 3 is 2.82 bits per heavy atom. The molecule has 1 heterocycles. The Hall–Kier alpha value is -0.990. The van der Waals surface area contributed by atoms with Crippen molar-refractivity contribution in [3.8, 4) is 0 Å². The van der Waals surface area contributed by atoms with Crippen molar-refractivity contribution in [2.75, 3.05) is 0 Å². The van der Waals surface area contributed by atoms with Gasteiger partial charge >= 0.3 is 0 Å². The van der Waals surface area contributed by atoms with Crippen LogP contribution in [0.5, 0.6) is 0 Å². The minimum absolute atomic E-state index is 0.194. The van der Waals surface area contributed by atoms with Gasteiger partial charge in [0.2, 0.25) is 0 Å². The molecule has 0 saturated heterocycles. The van der Waals surface area contributed by atoms with Gasteiger partial charge < -0.3 is 9.52 Å². The first-order valence-electron chi connectivity index (χ1n) is 5.99. The Labute approximate surface area is 106 Å². The third kappa shape index (κ3) is 2.48. The van der Waals surface area contributed by atoms with Gasteiger partial charge in [-0.3, -0.25) is 0 Å². The smallest absolute Gasteiger partial charge is 0.152 e. The molecule has 0 radical (unpaired) electrons. The summed E-state index contributed by atoms with van der Waals surface area (Å²) in [6.07, 6.45) is 1.48. The molecule has 1 aromatic heterocycles. The molecular weight excluding hydrogens is 236 g/mol. The molecule has 0 aliphatic rings. The monoisotopic (exact) mass is 252 g/mol. The predicted octanol–water partition coefficient (Wildman–Crippen LogP) is 4.56. The molecular formula is C14H17ClO2. The lowest BCUT2D eigenvalue weighted by Crippen LogP contribution is -2.07. The number of fused-ring (bicyclic) bond motifs is 1. The summed E-state index contributed by atoms with van der Waals surface area (Å²) in [6, 6.07) is 7.48. The maximum atomic E-state index is 10.2. The van der Waals surface area contributed by atoms with E-state index < -0.39 is 6.10 Å². The average Bonchev–Trinajstić information content (AvgIpc) is 2.73. The number of rotatable bonds is 4. The first-order chi connectivity index (χ1) is 8.13. The van der Waals surface area contributed by atoms with E-state index in [0.29, 0.717) is 16.4 Å². The molecule has 0 spiro atoms. The quantitative estimate of drug-likeness (QED) is 0.866. The van der Waals surface area contributed by atoms with E-state index in [9.17, 15) is 5.11 Å². The van der Waals surface area contributed by atoms with Gasteiger partial charge in [-0.05, 0) is 24.5 Å². The third-order valence-corrected chi connectivity index (χ3v) is 3.39. The van der Waals surface area contributed by atoms with Gasteiger partial charge in [0.15, 0.2) is 5.58 Å². The first kappa shape index (κ1) is 12.5. The normalized spacial score (nSPS) is 15.1. The van der Waals surface area contributed by atoms with Crippen molar-refractivity contribution in [3.63, 3.8) is 0 Å². The molecule has 92 valence electrons. The van der Waals surface area contributed by atoms with Crippen LogP contribution in [0.1, 0.15) is 38.6 Å². The van der Waals surface area contributed by atoms with Gasteiger partial charge in [-0.1, -0.05) is 44.0 Å². The van der Waals surface area contributed by atoms with Crippen molar-refractivity contribution in [2.24, 2.45) is 5.92 Å². The molecule has 2 rings (SSSR count). The van der Waals surface area contributed by atoms with E-state index in [1.807, 2.05) is 25.1 Å². The second kappa shape index (κ2) is 5.11. The SMILES string of the molecule is CCCC(C)C(O)c1cc2cccc(Cl)c2o1. The second-order valence-corrected chi connectivity index (χ2v) is 4.92. The molecule has 17 heavy (non-hydrogen) atoms. The Bertz CT molecular complexity index is 504. The Morgan fingerprint density at radius 1 is 1.41 bits per heavy atom. The molecule has 0 aliphatic carbocycles. The molecule has 0 aliphatic heterocycles. The van der Waals surface area contributed by atoms with Crippen LogP contribution in [0.4, 0.5) is 0 Å². The maximum Gasteiger partial charge on any atom is 0.152 e. The summed E-state index contributed by atoms with van der Waals surface area (Å²) >= 11 is 6.04. The molecule has 2 nitrogen and oxygen atoms in total. The fraction of sp³-hybridized carbons (Fsp3) is 0.429. The number of aliphatic hydroxyl groups is 1. The Kier molecular flexibility index (Phi) is 3.75. The minimum Gasteiger partial charge on any atom is -0.457 e. The molecule has 0 fully saturated rings. The molecule has 1 N–H and O–H groups in total. The molecule has 0 bridgehead atoms. The summed E-state index contributed by atoms with van der Waals surface area (Å²) in [6.45, 7) is 4.14. The van der Waals surface area contributed by atoms with E-state index in [0.717, 1.165) is 18.2 Å². The lowest BCUT2D eigenvalue weighted by molar-refractivity contribution is 0.0913. The van der Waals surface area contributed by atoms with Crippen molar-refractivity contribution in [3.05, 3.63) is 35.0 Å². The molecule has 2 aromatic rings. The zero-order valence-corrected chi connectivity index (χ0v) is 10.9. The number of aliphatic hydroxyl groups excluding tert-OH is 1. The number of para-hydroxylation sites is 1. The molecule has 1 aromatic carbocycles. The lowest BCUT2D eigenvalue weighted by Gasteiger charge is -2.15. The van der Waals surface area contributed by atoms with Crippen LogP contribution >= 0.6 is 11.6 Å². The van der Waals surface area contributed by atoms with E-state index in [-0.39, 0.29) is 5.92 Å². The van der Waals surface area contributed by atoms with Crippen LogP contribution in [-0.4, -0.2) is 5.11 Å². The van der Waals surface area contributed by atoms with E-state index in [1.165, 1.54) is 0 Å². The number of halogens is 1. The van der Waals surface area contributed by atoms with Gasteiger partial charge in [0.1, 0.15) is 11.9 Å². The highest BCUT2D eigenvalue weighted by molar-refractivity contribution is 6.34. The van der Waals surface area contributed by atoms with Crippen LogP contribution in [0.2, 0.25) is 5.02 Å². The zero-order chi connectivity index (χ0) is 12.4. The first-order valence-corrected chi connectivity index (χ1v) is 6.37. The molecule has 2 unspecified atom stereocenters. The Balaban J connectivity index is 2.33. The molecule has 0 saturated carbocycles. The Morgan fingerprint density at radius 2 is 2.18 bits per heavy atom. The van der Waals surface area contributed by atoms with E-state index in [1.54, 1.807) is 6.07 Å². The summed E-state index contributed by atoms with van der Waals surface area (Å²) < 4.78 is 5.65. The van der Waals surface area contributed by atoms with Gasteiger partial charge in [-0.25, -0.2) is 0 Å². The van der Waals surface area contributed by atoms with Gasteiger partial charge in [0, 0.05) is 5.39 Å². The minimum atomic E-state index is -0.557. The van der Waals surface area contributed by atoms with Gasteiger partial charge in [-0.2, -0.15) is 0 Å². The van der Waals surface area contributed by atoms with Crippen molar-refractivity contribution < 1.29 is 9.52 Å². The predicted molar refractivity (Wildman–Crippen MR) is 70.3 cm³/mol. The number of furan rings is 1. The number of benzene rings is 1. The summed E-state index contributed by atoms with van der Waals surface area (Å²) in [5, 5.41) is 11.7. The van der Waals surface area contributed by atoms with Crippen molar-refractivity contribution >= 4 is 22.6 Å². The van der Waals surface area contributed by atoms with Crippen LogP contribution in [0.25, 0.3) is 11.0 Å². The lowest BCUT2D eigenvalue weighted by atomic mass is 9.97. The summed E-state index contributed by atoms with van der Waals surface area (Å²) in [5.41, 5.74) is 0.659. The summed E-state index contributed by atoms with van der Waals surface area (Å²) in [7, 11) is 0. The fourth-order valence-corrected chi connectivity index (χ4v) is 2.31. The van der Waals surface area contributed by atoms with Crippen LogP contribution < -0.4 is 0 Å². The topological polar surface area (TPSA) is 33.4 Å². The highest BCUT2D eigenvalue weighted by Crippen LogP contribution is 2.33. The largest absolute Gasteiger partial charge is 0.457 e. The van der Waals surface area contributed by atoms with Crippen LogP contribution in [0.15, 0.2) is 28.7 Å². The number of hydrogen-bond acceptors (Lipinski definition) is 2. The standard InChI is InChI=1S/C14H17ClO2/c1-3-5-9(2)13(16)12-8-10-6-4-7-11(15)14(10)17-12/h4,6-9,13,16H,3,5H2,1-2H3. The molecule has 2 atom stereocenters. The van der Waals surface area contributed by atoms with Crippen LogP contribution in [0, 0.1) is 5.92 Å². The highest BCUT2D eigenvalue weighted by Gasteiger charge is 2.20. The average molecular weight is 253 g/mol. The maximum absolute atomic E-state index is 10.2. The zero-order valence-electron chi connectivity index (χ0n) is 10.1. The summed E-state index contributed by atoms with van der Waals surface area (Å²) in [4.78, 5) is 0. The van der Waals surface area contributed by atoms with Crippen molar-refractivity contribution in [1.29, 1.82) is 0 Å². The summed E-state index contributed by atoms with van der Waals surface area (Å²) in [5.74, 6) is 0.799. The molecule has 3 heteroatoms. The van der Waals surface area contributed by atoms with Crippen LogP contribution in [-0.2, 0) is 0 Å². The fourth-order valence-electron chi connectivity index (χ4n) is 2.09. The second-order valence-electron chi connectivity index (χ2n) is 4.52.